The van der Waals surface area contributed by atoms with Crippen molar-refractivity contribution in [3.63, 3.8) is 0 Å². The van der Waals surface area contributed by atoms with E-state index in [1.165, 1.54) is 55.3 Å². The fraction of sp³-hybridized carbons (Fsp3) is 0.263. The Kier molecular flexibility index (Phi) is 7.09. The number of hydrogen-bond donors (Lipinski definition) is 2. The number of hydrogen-bond acceptors (Lipinski definition) is 6. The lowest BCUT2D eigenvalue weighted by Crippen LogP contribution is -2.19. The van der Waals surface area contributed by atoms with Crippen LogP contribution in [-0.4, -0.2) is 33.7 Å². The normalized spacial score (nSPS) is 11.2. The standard InChI is InChI=1S/C19H22N2O5S2/c1-12(2)18(22)20-16-11-15(9-10-17(16)27-4)28(24,25)21-14-7-5-13(6-8-14)19(23)26-3/h5-12,21H,1-4H3,(H,20,22). The minimum atomic E-state index is -3.88. The van der Waals surface area contributed by atoms with Crippen LogP contribution >= 0.6 is 11.8 Å². The Hall–Kier alpha value is -2.52. The van der Waals surface area contributed by atoms with E-state index in [-0.39, 0.29) is 16.7 Å². The van der Waals surface area contributed by atoms with Crippen molar-refractivity contribution < 1.29 is 22.7 Å². The van der Waals surface area contributed by atoms with Gasteiger partial charge in [0.05, 0.1) is 23.3 Å². The quantitative estimate of drug-likeness (QED) is 0.522. The number of amides is 1. The van der Waals surface area contributed by atoms with E-state index in [0.717, 1.165) is 4.90 Å². The predicted molar refractivity (Wildman–Crippen MR) is 110 cm³/mol. The van der Waals surface area contributed by atoms with E-state index < -0.39 is 16.0 Å². The first-order chi connectivity index (χ1) is 13.2. The van der Waals surface area contributed by atoms with E-state index >= 15 is 0 Å². The highest BCUT2D eigenvalue weighted by atomic mass is 32.2. The van der Waals surface area contributed by atoms with Gasteiger partial charge in [-0.1, -0.05) is 13.8 Å². The zero-order valence-electron chi connectivity index (χ0n) is 16.0. The molecule has 0 aliphatic heterocycles. The van der Waals surface area contributed by atoms with Crippen LogP contribution in [-0.2, 0) is 19.6 Å². The second-order valence-electron chi connectivity index (χ2n) is 6.18. The highest BCUT2D eigenvalue weighted by Gasteiger charge is 2.18. The molecule has 28 heavy (non-hydrogen) atoms. The fourth-order valence-electron chi connectivity index (χ4n) is 2.24. The van der Waals surface area contributed by atoms with E-state index in [1.807, 2.05) is 6.26 Å². The van der Waals surface area contributed by atoms with Crippen LogP contribution in [0.2, 0.25) is 0 Å². The Morgan fingerprint density at radius 1 is 1.07 bits per heavy atom. The van der Waals surface area contributed by atoms with Crippen LogP contribution in [0, 0.1) is 5.92 Å². The zero-order chi connectivity index (χ0) is 20.9. The molecule has 0 bridgehead atoms. The Bertz CT molecular complexity index is 970. The van der Waals surface area contributed by atoms with E-state index in [0.29, 0.717) is 16.9 Å². The molecule has 150 valence electrons. The summed E-state index contributed by atoms with van der Waals surface area (Å²) in [5.74, 6) is -0.940. The molecule has 0 aliphatic carbocycles. The summed E-state index contributed by atoms with van der Waals surface area (Å²) >= 11 is 1.41. The minimum Gasteiger partial charge on any atom is -0.465 e. The van der Waals surface area contributed by atoms with Crippen molar-refractivity contribution in [1.29, 1.82) is 0 Å². The van der Waals surface area contributed by atoms with Gasteiger partial charge in [0.1, 0.15) is 0 Å². The first-order valence-electron chi connectivity index (χ1n) is 8.38. The van der Waals surface area contributed by atoms with Crippen molar-refractivity contribution in [2.45, 2.75) is 23.6 Å². The van der Waals surface area contributed by atoms with Crippen molar-refractivity contribution in [1.82, 2.24) is 0 Å². The molecule has 1 amide bonds. The van der Waals surface area contributed by atoms with Crippen molar-refractivity contribution in [2.75, 3.05) is 23.4 Å². The summed E-state index contributed by atoms with van der Waals surface area (Å²) < 4.78 is 32.5. The summed E-state index contributed by atoms with van der Waals surface area (Å²) in [6.07, 6.45) is 1.84. The van der Waals surface area contributed by atoms with Crippen molar-refractivity contribution in [3.8, 4) is 0 Å². The summed E-state index contributed by atoms with van der Waals surface area (Å²) in [4.78, 5) is 24.3. The number of benzene rings is 2. The molecule has 0 atom stereocenters. The summed E-state index contributed by atoms with van der Waals surface area (Å²) in [5.41, 5.74) is 1.05. The Balaban J connectivity index is 2.29. The Morgan fingerprint density at radius 3 is 2.25 bits per heavy atom. The molecule has 0 spiro atoms. The van der Waals surface area contributed by atoms with Gasteiger partial charge in [0, 0.05) is 16.5 Å². The van der Waals surface area contributed by atoms with Crippen LogP contribution in [0.4, 0.5) is 11.4 Å². The number of thioether (sulfide) groups is 1. The van der Waals surface area contributed by atoms with E-state index in [9.17, 15) is 18.0 Å². The molecule has 0 heterocycles. The lowest BCUT2D eigenvalue weighted by molar-refractivity contribution is -0.118. The number of rotatable bonds is 7. The molecule has 2 N–H and O–H groups in total. The summed E-state index contributed by atoms with van der Waals surface area (Å²) in [6.45, 7) is 3.52. The maximum atomic E-state index is 12.7. The smallest absolute Gasteiger partial charge is 0.337 e. The number of anilines is 2. The van der Waals surface area contributed by atoms with Crippen LogP contribution in [0.5, 0.6) is 0 Å². The second kappa shape index (κ2) is 9.11. The first-order valence-corrected chi connectivity index (χ1v) is 11.1. The van der Waals surface area contributed by atoms with Gasteiger partial charge in [0.2, 0.25) is 5.91 Å². The monoisotopic (exact) mass is 422 g/mol. The molecule has 2 aromatic carbocycles. The molecule has 0 saturated heterocycles. The highest BCUT2D eigenvalue weighted by molar-refractivity contribution is 7.98. The van der Waals surface area contributed by atoms with Crippen molar-refractivity contribution >= 4 is 45.0 Å². The summed E-state index contributed by atoms with van der Waals surface area (Å²) in [6, 6.07) is 10.4. The average Bonchev–Trinajstić information content (AvgIpc) is 2.67. The third-order valence-corrected chi connectivity index (χ3v) is 6.00. The van der Waals surface area contributed by atoms with Gasteiger partial charge < -0.3 is 10.1 Å². The maximum Gasteiger partial charge on any atom is 0.337 e. The number of nitrogens with one attached hydrogen (secondary N) is 2. The van der Waals surface area contributed by atoms with Gasteiger partial charge in [-0.25, -0.2) is 13.2 Å². The average molecular weight is 423 g/mol. The number of ether oxygens (including phenoxy) is 1. The highest BCUT2D eigenvalue weighted by Crippen LogP contribution is 2.29. The van der Waals surface area contributed by atoms with Gasteiger partial charge >= 0.3 is 5.97 Å². The van der Waals surface area contributed by atoms with Gasteiger partial charge in [-0.2, -0.15) is 0 Å². The van der Waals surface area contributed by atoms with Crippen molar-refractivity contribution in [3.05, 3.63) is 48.0 Å². The topological polar surface area (TPSA) is 102 Å². The Labute approximate surface area is 168 Å². The third kappa shape index (κ3) is 5.26. The molecule has 9 heteroatoms. The molecule has 0 aromatic heterocycles. The largest absolute Gasteiger partial charge is 0.465 e. The number of carbonyl (C=O) groups excluding carboxylic acids is 2. The maximum absolute atomic E-state index is 12.7. The van der Waals surface area contributed by atoms with Crippen LogP contribution in [0.3, 0.4) is 0 Å². The molecule has 7 nitrogen and oxygen atoms in total. The molecular weight excluding hydrogens is 400 g/mol. The second-order valence-corrected chi connectivity index (χ2v) is 8.71. The molecule has 0 radical (unpaired) electrons. The Morgan fingerprint density at radius 2 is 1.71 bits per heavy atom. The third-order valence-electron chi connectivity index (χ3n) is 3.82. The van der Waals surface area contributed by atoms with Crippen LogP contribution in [0.15, 0.2) is 52.3 Å². The van der Waals surface area contributed by atoms with E-state index in [4.69, 9.17) is 0 Å². The molecule has 0 aliphatic rings. The fourth-order valence-corrected chi connectivity index (χ4v) is 3.85. The molecular formula is C19H22N2O5S2. The van der Waals surface area contributed by atoms with Crippen molar-refractivity contribution in [2.24, 2.45) is 5.92 Å². The molecule has 0 saturated carbocycles. The lowest BCUT2D eigenvalue weighted by Gasteiger charge is -2.14. The molecule has 2 aromatic rings. The first kappa shape index (κ1) is 21.8. The zero-order valence-corrected chi connectivity index (χ0v) is 17.6. The van der Waals surface area contributed by atoms with Gasteiger partial charge in [-0.3, -0.25) is 9.52 Å². The van der Waals surface area contributed by atoms with E-state index in [1.54, 1.807) is 19.9 Å². The minimum absolute atomic E-state index is 0.0152. The number of methoxy groups -OCH3 is 1. The lowest BCUT2D eigenvalue weighted by atomic mass is 10.2. The van der Waals surface area contributed by atoms with Gasteiger partial charge in [-0.05, 0) is 48.7 Å². The summed E-state index contributed by atoms with van der Waals surface area (Å²) in [5, 5.41) is 2.76. The molecule has 0 unspecified atom stereocenters. The van der Waals surface area contributed by atoms with E-state index in [2.05, 4.69) is 14.8 Å². The molecule has 2 rings (SSSR count). The number of carbonyl (C=O) groups is 2. The van der Waals surface area contributed by atoms with Gasteiger partial charge in [0.25, 0.3) is 10.0 Å². The number of esters is 1. The van der Waals surface area contributed by atoms with Gasteiger partial charge in [-0.15, -0.1) is 11.8 Å². The predicted octanol–water partition coefficient (Wildman–Crippen LogP) is 3.59. The number of sulfonamides is 1. The molecule has 0 fully saturated rings. The van der Waals surface area contributed by atoms with Gasteiger partial charge in [0.15, 0.2) is 0 Å². The SMILES string of the molecule is COC(=O)c1ccc(NS(=O)(=O)c2ccc(SC)c(NC(=O)C(C)C)c2)cc1. The van der Waals surface area contributed by atoms with Crippen LogP contribution in [0.1, 0.15) is 24.2 Å². The summed E-state index contributed by atoms with van der Waals surface area (Å²) in [7, 11) is -2.61. The van der Waals surface area contributed by atoms with Crippen LogP contribution < -0.4 is 10.0 Å². The van der Waals surface area contributed by atoms with Crippen LogP contribution in [0.25, 0.3) is 0 Å².